The number of para-hydroxylation sites is 1. The first-order valence-electron chi connectivity index (χ1n) is 9.37. The fourth-order valence-corrected chi connectivity index (χ4v) is 4.03. The Balaban J connectivity index is 1.33. The van der Waals surface area contributed by atoms with Gasteiger partial charge in [-0.05, 0) is 37.1 Å². The maximum atomic E-state index is 12.9. The third-order valence-electron chi connectivity index (χ3n) is 5.48. The normalized spacial score (nSPS) is 15.5. The molecule has 5 nitrogen and oxygen atoms in total. The molecule has 27 heavy (non-hydrogen) atoms. The number of hydrogen-bond donors (Lipinski definition) is 0. The van der Waals surface area contributed by atoms with Crippen LogP contribution >= 0.6 is 0 Å². The smallest absolute Gasteiger partial charge is 0.272 e. The van der Waals surface area contributed by atoms with E-state index >= 15 is 0 Å². The fourth-order valence-electron chi connectivity index (χ4n) is 4.03. The van der Waals surface area contributed by atoms with Gasteiger partial charge in [0.05, 0.1) is 5.52 Å². The second-order valence-corrected chi connectivity index (χ2v) is 7.06. The van der Waals surface area contributed by atoms with Crippen LogP contribution in [0.25, 0.3) is 16.6 Å². The van der Waals surface area contributed by atoms with E-state index in [2.05, 4.69) is 26.5 Å². The molecule has 1 amide bonds. The highest BCUT2D eigenvalue weighted by molar-refractivity contribution is 5.95. The molecule has 0 aliphatic carbocycles. The predicted octanol–water partition coefficient (Wildman–Crippen LogP) is 3.90. The summed E-state index contributed by atoms with van der Waals surface area (Å²) in [4.78, 5) is 23.8. The van der Waals surface area contributed by atoms with Crippen LogP contribution in [0.15, 0.2) is 67.0 Å². The Hall–Kier alpha value is -3.21. The Kier molecular flexibility index (Phi) is 3.85. The molecule has 0 radical (unpaired) electrons. The number of fused-ring (bicyclic) bond motifs is 2. The number of pyridine rings is 2. The van der Waals surface area contributed by atoms with Gasteiger partial charge >= 0.3 is 0 Å². The lowest BCUT2D eigenvalue weighted by Gasteiger charge is -2.32. The molecular formula is C22H20N4O. The molecule has 0 bridgehead atoms. The van der Waals surface area contributed by atoms with Crippen LogP contribution in [0.1, 0.15) is 34.9 Å². The Morgan fingerprint density at radius 3 is 2.70 bits per heavy atom. The highest BCUT2D eigenvalue weighted by atomic mass is 16.2. The van der Waals surface area contributed by atoms with Crippen molar-refractivity contribution in [3.05, 3.63) is 78.4 Å². The molecule has 5 rings (SSSR count). The summed E-state index contributed by atoms with van der Waals surface area (Å²) >= 11 is 0. The van der Waals surface area contributed by atoms with E-state index < -0.39 is 0 Å². The molecule has 134 valence electrons. The second kappa shape index (κ2) is 6.50. The molecule has 5 heteroatoms. The minimum Gasteiger partial charge on any atom is -0.337 e. The van der Waals surface area contributed by atoms with E-state index in [-0.39, 0.29) is 5.91 Å². The molecule has 0 spiro atoms. The van der Waals surface area contributed by atoms with Crippen LogP contribution in [0.3, 0.4) is 0 Å². The van der Waals surface area contributed by atoms with Crippen LogP contribution in [0.5, 0.6) is 0 Å². The molecule has 1 saturated heterocycles. The van der Waals surface area contributed by atoms with Crippen molar-refractivity contribution < 1.29 is 4.79 Å². The Morgan fingerprint density at radius 1 is 0.963 bits per heavy atom. The number of amides is 1. The number of likely N-dealkylation sites (tertiary alicyclic amines) is 1. The number of piperidine rings is 1. The maximum Gasteiger partial charge on any atom is 0.272 e. The Bertz CT molecular complexity index is 1130. The summed E-state index contributed by atoms with van der Waals surface area (Å²) in [6, 6.07) is 18.0. The van der Waals surface area contributed by atoms with E-state index in [4.69, 9.17) is 0 Å². The highest BCUT2D eigenvalue weighted by Crippen LogP contribution is 2.29. The lowest BCUT2D eigenvalue weighted by molar-refractivity contribution is 0.0706. The van der Waals surface area contributed by atoms with Crippen LogP contribution < -0.4 is 0 Å². The monoisotopic (exact) mass is 356 g/mol. The largest absolute Gasteiger partial charge is 0.337 e. The number of benzene rings is 1. The second-order valence-electron chi connectivity index (χ2n) is 7.06. The van der Waals surface area contributed by atoms with Gasteiger partial charge in [-0.1, -0.05) is 30.3 Å². The summed E-state index contributed by atoms with van der Waals surface area (Å²) < 4.78 is 2.16. The first-order valence-corrected chi connectivity index (χ1v) is 9.37. The summed E-state index contributed by atoms with van der Waals surface area (Å²) in [5, 5.41) is 1.06. The number of rotatable bonds is 2. The van der Waals surface area contributed by atoms with Crippen LogP contribution in [0.2, 0.25) is 0 Å². The Labute approximate surface area is 157 Å². The molecular weight excluding hydrogens is 336 g/mol. The maximum absolute atomic E-state index is 12.9. The highest BCUT2D eigenvalue weighted by Gasteiger charge is 2.26. The van der Waals surface area contributed by atoms with Crippen LogP contribution in [-0.2, 0) is 0 Å². The van der Waals surface area contributed by atoms with E-state index in [0.717, 1.165) is 42.5 Å². The van der Waals surface area contributed by atoms with Crippen molar-refractivity contribution in [1.82, 2.24) is 19.3 Å². The van der Waals surface area contributed by atoms with Crippen molar-refractivity contribution in [3.63, 3.8) is 0 Å². The molecule has 4 aromatic rings. The zero-order valence-corrected chi connectivity index (χ0v) is 15.0. The van der Waals surface area contributed by atoms with Gasteiger partial charge in [-0.3, -0.25) is 4.79 Å². The number of aromatic nitrogens is 3. The average Bonchev–Trinajstić information content (AvgIpc) is 3.22. The van der Waals surface area contributed by atoms with Gasteiger partial charge in [0.1, 0.15) is 11.3 Å². The van der Waals surface area contributed by atoms with Gasteiger partial charge in [-0.2, -0.15) is 0 Å². The number of carbonyl (C=O) groups is 1. The minimum atomic E-state index is 0.0278. The molecule has 1 fully saturated rings. The summed E-state index contributed by atoms with van der Waals surface area (Å²) in [5.74, 6) is 0.469. The first kappa shape index (κ1) is 16.0. The van der Waals surface area contributed by atoms with Crippen molar-refractivity contribution in [2.24, 2.45) is 0 Å². The van der Waals surface area contributed by atoms with Gasteiger partial charge in [-0.25, -0.2) is 9.97 Å². The van der Waals surface area contributed by atoms with E-state index in [1.807, 2.05) is 59.8 Å². The van der Waals surface area contributed by atoms with Crippen LogP contribution in [-0.4, -0.2) is 38.3 Å². The summed E-state index contributed by atoms with van der Waals surface area (Å²) in [6.07, 6.45) is 5.76. The van der Waals surface area contributed by atoms with Crippen molar-refractivity contribution >= 4 is 22.5 Å². The molecule has 0 atom stereocenters. The number of imidazole rings is 1. The molecule has 0 N–H and O–H groups in total. The van der Waals surface area contributed by atoms with Crippen molar-refractivity contribution in [2.45, 2.75) is 18.8 Å². The molecule has 1 aliphatic heterocycles. The van der Waals surface area contributed by atoms with Gasteiger partial charge in [0.2, 0.25) is 0 Å². The standard InChI is InChI=1S/C22H20N4O/c27-22(19-9-8-16-4-1-2-5-18(16)24-19)25-13-10-17(11-14-25)20-6-3-7-21-23-12-15-26(20)21/h1-9,12,15,17H,10-11,13-14H2. The zero-order valence-electron chi connectivity index (χ0n) is 15.0. The van der Waals surface area contributed by atoms with Crippen molar-refractivity contribution in [2.75, 3.05) is 13.1 Å². The SMILES string of the molecule is O=C(c1ccc2ccccc2n1)N1CCC(c2cccc3nccn23)CC1. The molecule has 3 aromatic heterocycles. The quantitative estimate of drug-likeness (QED) is 0.547. The lowest BCUT2D eigenvalue weighted by atomic mass is 9.92. The van der Waals surface area contributed by atoms with E-state index in [9.17, 15) is 4.79 Å². The number of carbonyl (C=O) groups excluding carboxylic acids is 1. The van der Waals surface area contributed by atoms with E-state index in [0.29, 0.717) is 11.6 Å². The lowest BCUT2D eigenvalue weighted by Crippen LogP contribution is -2.38. The fraction of sp³-hybridized carbons (Fsp3) is 0.227. The average molecular weight is 356 g/mol. The molecule has 1 aliphatic rings. The van der Waals surface area contributed by atoms with Crippen LogP contribution in [0, 0.1) is 0 Å². The van der Waals surface area contributed by atoms with Gasteiger partial charge in [0, 0.05) is 42.5 Å². The third kappa shape index (κ3) is 2.85. The van der Waals surface area contributed by atoms with E-state index in [1.165, 1.54) is 5.69 Å². The molecule has 1 aromatic carbocycles. The van der Waals surface area contributed by atoms with Crippen molar-refractivity contribution in [1.29, 1.82) is 0 Å². The Morgan fingerprint density at radius 2 is 1.81 bits per heavy atom. The first-order chi connectivity index (χ1) is 13.3. The summed E-state index contributed by atoms with van der Waals surface area (Å²) in [7, 11) is 0. The van der Waals surface area contributed by atoms with Crippen LogP contribution in [0.4, 0.5) is 0 Å². The van der Waals surface area contributed by atoms with Gasteiger partial charge in [0.15, 0.2) is 0 Å². The molecule has 0 unspecified atom stereocenters. The van der Waals surface area contributed by atoms with Gasteiger partial charge < -0.3 is 9.30 Å². The summed E-state index contributed by atoms with van der Waals surface area (Å²) in [5.41, 5.74) is 3.65. The van der Waals surface area contributed by atoms with E-state index in [1.54, 1.807) is 0 Å². The minimum absolute atomic E-state index is 0.0278. The van der Waals surface area contributed by atoms with Gasteiger partial charge in [-0.15, -0.1) is 0 Å². The predicted molar refractivity (Wildman–Crippen MR) is 105 cm³/mol. The van der Waals surface area contributed by atoms with Crippen molar-refractivity contribution in [3.8, 4) is 0 Å². The molecule has 4 heterocycles. The number of hydrogen-bond acceptors (Lipinski definition) is 3. The topological polar surface area (TPSA) is 50.5 Å². The third-order valence-corrected chi connectivity index (χ3v) is 5.48. The summed E-state index contributed by atoms with van der Waals surface area (Å²) in [6.45, 7) is 1.51. The zero-order chi connectivity index (χ0) is 18.2. The van der Waals surface area contributed by atoms with Gasteiger partial charge in [0.25, 0.3) is 5.91 Å². The number of nitrogens with zero attached hydrogens (tertiary/aromatic N) is 4. The molecule has 0 saturated carbocycles.